The van der Waals surface area contributed by atoms with Crippen molar-refractivity contribution in [2.45, 2.75) is 26.7 Å². The van der Waals surface area contributed by atoms with Gasteiger partial charge in [0.05, 0.1) is 26.7 Å². The summed E-state index contributed by atoms with van der Waals surface area (Å²) in [4.78, 5) is 11.1. The third kappa shape index (κ3) is 3.25. The van der Waals surface area contributed by atoms with Crippen LogP contribution in [0.4, 0.5) is 5.82 Å². The summed E-state index contributed by atoms with van der Waals surface area (Å²) >= 11 is 0. The van der Waals surface area contributed by atoms with Crippen LogP contribution in [0.1, 0.15) is 26.7 Å². The average Bonchev–Trinajstić information content (AvgIpc) is 2.60. The van der Waals surface area contributed by atoms with Crippen LogP contribution >= 0.6 is 0 Å². The number of methoxy groups -OCH3 is 3. The summed E-state index contributed by atoms with van der Waals surface area (Å²) in [5, 5.41) is 0.903. The zero-order valence-electron chi connectivity index (χ0n) is 14.5. The minimum atomic E-state index is 0.545. The van der Waals surface area contributed by atoms with E-state index in [0.717, 1.165) is 42.7 Å². The third-order valence-electron chi connectivity index (χ3n) is 3.87. The van der Waals surface area contributed by atoms with Crippen LogP contribution in [0.2, 0.25) is 0 Å². The molecule has 2 rings (SSSR count). The largest absolute Gasteiger partial charge is 0.493 e. The fourth-order valence-corrected chi connectivity index (χ4v) is 2.67. The van der Waals surface area contributed by atoms with Crippen molar-refractivity contribution in [2.75, 3.05) is 39.3 Å². The molecule has 0 aliphatic carbocycles. The molecule has 0 aliphatic rings. The fraction of sp³-hybridized carbons (Fsp3) is 0.529. The molecule has 0 unspecified atom stereocenters. The van der Waals surface area contributed by atoms with Gasteiger partial charge in [0.15, 0.2) is 11.5 Å². The molecule has 1 heterocycles. The van der Waals surface area contributed by atoms with E-state index in [1.807, 2.05) is 6.07 Å². The summed E-state index contributed by atoms with van der Waals surface area (Å²) in [6.07, 6.45) is 3.82. The van der Waals surface area contributed by atoms with Crippen LogP contribution < -0.4 is 19.1 Å². The molecule has 0 spiro atoms. The molecule has 6 heteroatoms. The van der Waals surface area contributed by atoms with Crippen LogP contribution in [-0.2, 0) is 0 Å². The number of unbranched alkanes of at least 4 members (excludes halogenated alkanes) is 1. The second kappa shape index (κ2) is 7.85. The highest BCUT2D eigenvalue weighted by molar-refractivity contribution is 5.97. The highest BCUT2D eigenvalue weighted by atomic mass is 16.5. The first kappa shape index (κ1) is 17.1. The maximum Gasteiger partial charge on any atom is 0.205 e. The van der Waals surface area contributed by atoms with Gasteiger partial charge >= 0.3 is 0 Å². The van der Waals surface area contributed by atoms with E-state index in [9.17, 15) is 0 Å². The molecule has 0 amide bonds. The van der Waals surface area contributed by atoms with E-state index in [2.05, 4.69) is 28.7 Å². The lowest BCUT2D eigenvalue weighted by Crippen LogP contribution is -2.25. The SMILES string of the molecule is CCCCN(CC)c1ncnc2c(OC)c(OC)c(OC)cc12. The van der Waals surface area contributed by atoms with Gasteiger partial charge in [-0.05, 0) is 19.4 Å². The van der Waals surface area contributed by atoms with E-state index in [0.29, 0.717) is 17.2 Å². The number of rotatable bonds is 8. The van der Waals surface area contributed by atoms with E-state index in [1.54, 1.807) is 27.7 Å². The Labute approximate surface area is 137 Å². The minimum Gasteiger partial charge on any atom is -0.493 e. The van der Waals surface area contributed by atoms with Crippen molar-refractivity contribution in [3.8, 4) is 17.2 Å². The summed E-state index contributed by atoms with van der Waals surface area (Å²) in [6.45, 7) is 6.14. The van der Waals surface area contributed by atoms with Crippen molar-refractivity contribution < 1.29 is 14.2 Å². The number of hydrogen-bond donors (Lipinski definition) is 0. The number of ether oxygens (including phenoxy) is 3. The van der Waals surface area contributed by atoms with Gasteiger partial charge in [0.1, 0.15) is 17.7 Å². The fourth-order valence-electron chi connectivity index (χ4n) is 2.67. The molecule has 1 aromatic carbocycles. The van der Waals surface area contributed by atoms with Crippen molar-refractivity contribution in [3.05, 3.63) is 12.4 Å². The Morgan fingerprint density at radius 1 is 1.00 bits per heavy atom. The Bertz CT molecular complexity index is 661. The number of benzene rings is 1. The van der Waals surface area contributed by atoms with Gasteiger partial charge in [-0.1, -0.05) is 13.3 Å². The molecule has 6 nitrogen and oxygen atoms in total. The Morgan fingerprint density at radius 3 is 2.30 bits per heavy atom. The summed E-state index contributed by atoms with van der Waals surface area (Å²) in [7, 11) is 4.81. The normalized spacial score (nSPS) is 10.7. The molecular weight excluding hydrogens is 294 g/mol. The number of aromatic nitrogens is 2. The van der Waals surface area contributed by atoms with Gasteiger partial charge in [0.2, 0.25) is 5.75 Å². The van der Waals surface area contributed by atoms with Gasteiger partial charge < -0.3 is 19.1 Å². The van der Waals surface area contributed by atoms with Gasteiger partial charge in [0.25, 0.3) is 0 Å². The molecule has 23 heavy (non-hydrogen) atoms. The maximum absolute atomic E-state index is 5.53. The molecule has 0 bridgehead atoms. The van der Waals surface area contributed by atoms with Crippen molar-refractivity contribution in [1.29, 1.82) is 0 Å². The summed E-state index contributed by atoms with van der Waals surface area (Å²) < 4.78 is 16.4. The molecule has 2 aromatic rings. The van der Waals surface area contributed by atoms with Crippen LogP contribution in [0, 0.1) is 0 Å². The van der Waals surface area contributed by atoms with Crippen LogP contribution in [0.3, 0.4) is 0 Å². The quantitative estimate of drug-likeness (QED) is 0.744. The first-order chi connectivity index (χ1) is 11.2. The lowest BCUT2D eigenvalue weighted by Gasteiger charge is -2.24. The van der Waals surface area contributed by atoms with Crippen molar-refractivity contribution in [1.82, 2.24) is 9.97 Å². The number of anilines is 1. The van der Waals surface area contributed by atoms with E-state index in [-0.39, 0.29) is 0 Å². The molecule has 0 saturated heterocycles. The summed E-state index contributed by atoms with van der Waals surface area (Å²) in [6, 6.07) is 1.92. The zero-order valence-corrected chi connectivity index (χ0v) is 14.5. The van der Waals surface area contributed by atoms with Gasteiger partial charge in [-0.2, -0.15) is 0 Å². The molecule has 0 atom stereocenters. The van der Waals surface area contributed by atoms with Gasteiger partial charge in [-0.15, -0.1) is 0 Å². The van der Waals surface area contributed by atoms with Crippen LogP contribution in [0.25, 0.3) is 10.9 Å². The van der Waals surface area contributed by atoms with E-state index < -0.39 is 0 Å². The first-order valence-corrected chi connectivity index (χ1v) is 7.90. The Kier molecular flexibility index (Phi) is 5.84. The van der Waals surface area contributed by atoms with Crippen molar-refractivity contribution in [3.63, 3.8) is 0 Å². The molecule has 0 radical (unpaired) electrons. The average molecular weight is 319 g/mol. The highest BCUT2D eigenvalue weighted by Gasteiger charge is 2.21. The molecular formula is C17H25N3O3. The van der Waals surface area contributed by atoms with Gasteiger partial charge in [0, 0.05) is 13.1 Å². The monoisotopic (exact) mass is 319 g/mol. The second-order valence-corrected chi connectivity index (χ2v) is 5.17. The molecule has 0 aliphatic heterocycles. The van der Waals surface area contributed by atoms with E-state index in [4.69, 9.17) is 14.2 Å². The van der Waals surface area contributed by atoms with E-state index in [1.165, 1.54) is 0 Å². The van der Waals surface area contributed by atoms with Gasteiger partial charge in [-0.25, -0.2) is 9.97 Å². The summed E-state index contributed by atoms with van der Waals surface area (Å²) in [5.41, 5.74) is 0.727. The lowest BCUT2D eigenvalue weighted by molar-refractivity contribution is 0.327. The topological polar surface area (TPSA) is 56.7 Å². The van der Waals surface area contributed by atoms with Crippen LogP contribution in [-0.4, -0.2) is 44.4 Å². The van der Waals surface area contributed by atoms with Crippen LogP contribution in [0.15, 0.2) is 12.4 Å². The zero-order chi connectivity index (χ0) is 16.8. The van der Waals surface area contributed by atoms with Crippen molar-refractivity contribution >= 4 is 16.7 Å². The molecule has 0 fully saturated rings. The Balaban J connectivity index is 2.68. The predicted molar refractivity (Wildman–Crippen MR) is 92.0 cm³/mol. The smallest absolute Gasteiger partial charge is 0.205 e. The molecule has 0 saturated carbocycles. The van der Waals surface area contributed by atoms with Gasteiger partial charge in [-0.3, -0.25) is 0 Å². The number of fused-ring (bicyclic) bond motifs is 1. The van der Waals surface area contributed by atoms with E-state index >= 15 is 0 Å². The van der Waals surface area contributed by atoms with Crippen LogP contribution in [0.5, 0.6) is 17.2 Å². The molecule has 0 N–H and O–H groups in total. The minimum absolute atomic E-state index is 0.545. The van der Waals surface area contributed by atoms with Crippen molar-refractivity contribution in [2.24, 2.45) is 0 Å². The molecule has 126 valence electrons. The second-order valence-electron chi connectivity index (χ2n) is 5.17. The molecule has 1 aromatic heterocycles. The Morgan fingerprint density at radius 2 is 1.74 bits per heavy atom. The Hall–Kier alpha value is -2.24. The number of hydrogen-bond acceptors (Lipinski definition) is 6. The third-order valence-corrected chi connectivity index (χ3v) is 3.87. The highest BCUT2D eigenvalue weighted by Crippen LogP contribution is 2.44. The lowest BCUT2D eigenvalue weighted by atomic mass is 10.1. The predicted octanol–water partition coefficient (Wildman–Crippen LogP) is 3.28. The standard InChI is InChI=1S/C17H25N3O3/c1-6-8-9-20(7-2)17-12-10-13(21-3)15(22-4)16(23-5)14(12)18-11-19-17/h10-11H,6-9H2,1-5H3. The number of nitrogens with zero attached hydrogens (tertiary/aromatic N) is 3. The first-order valence-electron chi connectivity index (χ1n) is 7.90. The summed E-state index contributed by atoms with van der Waals surface area (Å²) in [5.74, 6) is 2.62. The maximum atomic E-state index is 5.53.